The molecule has 1 N–H and O–H groups in total. The SMILES string of the molecule is O=C(NCCS)c1ccc(/C=C/c2ccncc2)cc1. The Kier molecular flexibility index (Phi) is 5.38. The van der Waals surface area contributed by atoms with Gasteiger partial charge in [0, 0.05) is 30.3 Å². The average Bonchev–Trinajstić information content (AvgIpc) is 2.52. The Hall–Kier alpha value is -2.07. The van der Waals surface area contributed by atoms with Crippen molar-refractivity contribution in [2.24, 2.45) is 0 Å². The fourth-order valence-corrected chi connectivity index (χ4v) is 1.80. The molecule has 0 aliphatic rings. The summed E-state index contributed by atoms with van der Waals surface area (Å²) in [5.41, 5.74) is 2.80. The van der Waals surface area contributed by atoms with Crippen LogP contribution < -0.4 is 5.32 Å². The fraction of sp³-hybridized carbons (Fsp3) is 0.125. The molecule has 20 heavy (non-hydrogen) atoms. The normalized spacial score (nSPS) is 10.7. The largest absolute Gasteiger partial charge is 0.351 e. The summed E-state index contributed by atoms with van der Waals surface area (Å²) in [5, 5.41) is 2.79. The topological polar surface area (TPSA) is 42.0 Å². The number of thiol groups is 1. The zero-order valence-corrected chi connectivity index (χ0v) is 11.9. The lowest BCUT2D eigenvalue weighted by Gasteiger charge is -2.03. The van der Waals surface area contributed by atoms with Crippen LogP contribution in [-0.4, -0.2) is 23.2 Å². The molecule has 0 atom stereocenters. The van der Waals surface area contributed by atoms with Gasteiger partial charge in [-0.15, -0.1) is 0 Å². The Balaban J connectivity index is 2.01. The second kappa shape index (κ2) is 7.50. The molecule has 0 bridgehead atoms. The van der Waals surface area contributed by atoms with Gasteiger partial charge < -0.3 is 5.32 Å². The van der Waals surface area contributed by atoms with Crippen molar-refractivity contribution < 1.29 is 4.79 Å². The van der Waals surface area contributed by atoms with Crippen molar-refractivity contribution in [3.63, 3.8) is 0 Å². The van der Waals surface area contributed by atoms with E-state index in [1.54, 1.807) is 12.4 Å². The fourth-order valence-electron chi connectivity index (χ4n) is 1.68. The maximum atomic E-state index is 11.7. The van der Waals surface area contributed by atoms with E-state index in [2.05, 4.69) is 22.9 Å². The molecule has 0 fully saturated rings. The Morgan fingerprint density at radius 3 is 2.25 bits per heavy atom. The minimum atomic E-state index is -0.0660. The lowest BCUT2D eigenvalue weighted by molar-refractivity contribution is 0.0956. The van der Waals surface area contributed by atoms with Gasteiger partial charge in [0.2, 0.25) is 0 Å². The number of benzene rings is 1. The van der Waals surface area contributed by atoms with Crippen LogP contribution in [-0.2, 0) is 0 Å². The first kappa shape index (κ1) is 14.3. The van der Waals surface area contributed by atoms with E-state index in [-0.39, 0.29) is 5.91 Å². The van der Waals surface area contributed by atoms with Gasteiger partial charge in [0.1, 0.15) is 0 Å². The van der Waals surface area contributed by atoms with Crippen LogP contribution in [0, 0.1) is 0 Å². The van der Waals surface area contributed by atoms with E-state index in [4.69, 9.17) is 0 Å². The molecule has 2 aromatic rings. The lowest BCUT2D eigenvalue weighted by Crippen LogP contribution is -2.25. The number of aromatic nitrogens is 1. The highest BCUT2D eigenvalue weighted by atomic mass is 32.1. The highest BCUT2D eigenvalue weighted by Gasteiger charge is 2.02. The average molecular weight is 284 g/mol. The van der Waals surface area contributed by atoms with Gasteiger partial charge in [-0.05, 0) is 35.4 Å². The molecule has 0 unspecified atom stereocenters. The predicted octanol–water partition coefficient (Wildman–Crippen LogP) is 2.91. The maximum absolute atomic E-state index is 11.7. The minimum Gasteiger partial charge on any atom is -0.351 e. The first-order chi connectivity index (χ1) is 9.79. The summed E-state index contributed by atoms with van der Waals surface area (Å²) in [6.45, 7) is 0.575. The third-order valence-corrected chi connectivity index (χ3v) is 2.97. The molecule has 0 saturated heterocycles. The number of hydrogen-bond acceptors (Lipinski definition) is 3. The summed E-state index contributed by atoms with van der Waals surface area (Å²) in [6, 6.07) is 11.4. The molecule has 1 heterocycles. The molecule has 0 saturated carbocycles. The van der Waals surface area contributed by atoms with E-state index in [1.165, 1.54) is 0 Å². The van der Waals surface area contributed by atoms with E-state index < -0.39 is 0 Å². The van der Waals surface area contributed by atoms with Crippen LogP contribution in [0.1, 0.15) is 21.5 Å². The van der Waals surface area contributed by atoms with Gasteiger partial charge in [-0.25, -0.2) is 0 Å². The number of hydrogen-bond donors (Lipinski definition) is 2. The quantitative estimate of drug-likeness (QED) is 0.829. The number of nitrogens with zero attached hydrogens (tertiary/aromatic N) is 1. The third kappa shape index (κ3) is 4.24. The summed E-state index contributed by atoms with van der Waals surface area (Å²) in [4.78, 5) is 15.7. The van der Waals surface area contributed by atoms with Crippen molar-refractivity contribution >= 4 is 30.7 Å². The minimum absolute atomic E-state index is 0.0660. The van der Waals surface area contributed by atoms with Crippen molar-refractivity contribution in [2.45, 2.75) is 0 Å². The van der Waals surface area contributed by atoms with Crippen molar-refractivity contribution in [1.29, 1.82) is 0 Å². The lowest BCUT2D eigenvalue weighted by atomic mass is 10.1. The zero-order valence-electron chi connectivity index (χ0n) is 11.0. The Bertz CT molecular complexity index is 579. The molecule has 1 amide bonds. The van der Waals surface area contributed by atoms with Crippen LogP contribution in [0.5, 0.6) is 0 Å². The van der Waals surface area contributed by atoms with Crippen LogP contribution in [0.4, 0.5) is 0 Å². The number of pyridine rings is 1. The smallest absolute Gasteiger partial charge is 0.251 e. The van der Waals surface area contributed by atoms with E-state index >= 15 is 0 Å². The molecule has 3 nitrogen and oxygen atoms in total. The van der Waals surface area contributed by atoms with Gasteiger partial charge in [-0.3, -0.25) is 9.78 Å². The second-order valence-corrected chi connectivity index (χ2v) is 4.66. The van der Waals surface area contributed by atoms with E-state index in [9.17, 15) is 4.79 Å². The molecule has 0 radical (unpaired) electrons. The summed E-state index contributed by atoms with van der Waals surface area (Å²) in [6.07, 6.45) is 7.53. The number of carbonyl (C=O) groups excluding carboxylic acids is 1. The van der Waals surface area contributed by atoms with Gasteiger partial charge in [-0.1, -0.05) is 24.3 Å². The highest BCUT2D eigenvalue weighted by molar-refractivity contribution is 7.80. The standard InChI is InChI=1S/C16H16N2OS/c19-16(18-11-12-20)15-5-3-13(4-6-15)1-2-14-7-9-17-10-8-14/h1-10,20H,11-12H2,(H,18,19)/b2-1+. The van der Waals surface area contributed by atoms with Crippen molar-refractivity contribution in [3.05, 3.63) is 65.5 Å². The molecule has 2 rings (SSSR count). The summed E-state index contributed by atoms with van der Waals surface area (Å²) < 4.78 is 0. The van der Waals surface area contributed by atoms with Crippen molar-refractivity contribution in [2.75, 3.05) is 12.3 Å². The van der Waals surface area contributed by atoms with Crippen LogP contribution in [0.15, 0.2) is 48.8 Å². The van der Waals surface area contributed by atoms with E-state index in [1.807, 2.05) is 48.6 Å². The van der Waals surface area contributed by atoms with Crippen LogP contribution in [0.2, 0.25) is 0 Å². The molecule has 1 aromatic heterocycles. The highest BCUT2D eigenvalue weighted by Crippen LogP contribution is 2.09. The number of nitrogens with one attached hydrogen (secondary N) is 1. The Morgan fingerprint density at radius 1 is 1.05 bits per heavy atom. The monoisotopic (exact) mass is 284 g/mol. The molecular weight excluding hydrogens is 268 g/mol. The molecule has 0 spiro atoms. The van der Waals surface area contributed by atoms with Gasteiger partial charge in [0.15, 0.2) is 0 Å². The first-order valence-corrected chi connectivity index (χ1v) is 7.00. The van der Waals surface area contributed by atoms with Gasteiger partial charge in [0.05, 0.1) is 0 Å². The Morgan fingerprint density at radius 2 is 1.65 bits per heavy atom. The van der Waals surface area contributed by atoms with Crippen LogP contribution in [0.25, 0.3) is 12.2 Å². The summed E-state index contributed by atoms with van der Waals surface area (Å²) >= 11 is 4.06. The molecular formula is C16H16N2OS. The third-order valence-electron chi connectivity index (χ3n) is 2.74. The number of amides is 1. The van der Waals surface area contributed by atoms with Gasteiger partial charge >= 0.3 is 0 Å². The zero-order chi connectivity index (χ0) is 14.2. The van der Waals surface area contributed by atoms with E-state index in [0.717, 1.165) is 11.1 Å². The molecule has 1 aromatic carbocycles. The number of rotatable bonds is 5. The maximum Gasteiger partial charge on any atom is 0.251 e. The van der Waals surface area contributed by atoms with Gasteiger partial charge in [0.25, 0.3) is 5.91 Å². The molecule has 102 valence electrons. The predicted molar refractivity (Wildman–Crippen MR) is 85.8 cm³/mol. The first-order valence-electron chi connectivity index (χ1n) is 6.37. The number of carbonyl (C=O) groups is 1. The van der Waals surface area contributed by atoms with Gasteiger partial charge in [-0.2, -0.15) is 12.6 Å². The van der Waals surface area contributed by atoms with Crippen molar-refractivity contribution in [1.82, 2.24) is 10.3 Å². The molecule has 0 aliphatic heterocycles. The Labute approximate surface area is 124 Å². The van der Waals surface area contributed by atoms with E-state index in [0.29, 0.717) is 17.9 Å². The second-order valence-electron chi connectivity index (χ2n) is 4.22. The molecule has 0 aliphatic carbocycles. The van der Waals surface area contributed by atoms with Crippen LogP contribution >= 0.6 is 12.6 Å². The summed E-state index contributed by atoms with van der Waals surface area (Å²) in [5.74, 6) is 0.571. The molecule has 4 heteroatoms. The van der Waals surface area contributed by atoms with Crippen LogP contribution in [0.3, 0.4) is 0 Å². The summed E-state index contributed by atoms with van der Waals surface area (Å²) in [7, 11) is 0. The van der Waals surface area contributed by atoms with Crippen molar-refractivity contribution in [3.8, 4) is 0 Å².